The van der Waals surface area contributed by atoms with E-state index in [1.54, 1.807) is 0 Å². The Morgan fingerprint density at radius 3 is 2.73 bits per heavy atom. The van der Waals surface area contributed by atoms with Gasteiger partial charge in [0.2, 0.25) is 5.24 Å². The van der Waals surface area contributed by atoms with Crippen LogP contribution >= 0.6 is 11.6 Å². The zero-order chi connectivity index (χ0) is 7.84. The third-order valence-electron chi connectivity index (χ3n) is 3.37. The first-order valence-corrected chi connectivity index (χ1v) is 4.86. The summed E-state index contributed by atoms with van der Waals surface area (Å²) in [4.78, 5) is 11.0. The van der Waals surface area contributed by atoms with Gasteiger partial charge in [0, 0.05) is 5.92 Å². The van der Waals surface area contributed by atoms with Crippen molar-refractivity contribution in [2.45, 2.75) is 32.1 Å². The Labute approximate surface area is 72.1 Å². The van der Waals surface area contributed by atoms with Gasteiger partial charge in [-0.25, -0.2) is 0 Å². The fourth-order valence-electron chi connectivity index (χ4n) is 2.84. The SMILES string of the molecule is O=C(Cl)C1CCC2CCCC21. The molecule has 2 aliphatic rings. The molecular formula is C9H13ClO. The smallest absolute Gasteiger partial charge is 0.225 e. The van der Waals surface area contributed by atoms with Crippen LogP contribution in [0.1, 0.15) is 32.1 Å². The van der Waals surface area contributed by atoms with Crippen molar-refractivity contribution >= 4 is 16.8 Å². The first kappa shape index (κ1) is 7.60. The zero-order valence-electron chi connectivity index (χ0n) is 6.55. The Hall–Kier alpha value is -0.0400. The molecule has 0 aromatic heterocycles. The van der Waals surface area contributed by atoms with E-state index in [0.29, 0.717) is 5.92 Å². The molecule has 1 nitrogen and oxygen atoms in total. The Morgan fingerprint density at radius 2 is 2.00 bits per heavy atom. The number of fused-ring (bicyclic) bond motifs is 1. The highest BCUT2D eigenvalue weighted by Gasteiger charge is 2.41. The standard InChI is InChI=1S/C9H13ClO/c10-9(11)8-5-4-6-2-1-3-7(6)8/h6-8H,1-5H2. The predicted octanol–water partition coefficient (Wildman–Crippen LogP) is 2.58. The molecule has 0 amide bonds. The van der Waals surface area contributed by atoms with E-state index in [9.17, 15) is 4.79 Å². The molecule has 0 heterocycles. The number of rotatable bonds is 1. The van der Waals surface area contributed by atoms with Crippen LogP contribution in [-0.4, -0.2) is 5.24 Å². The molecule has 2 aliphatic carbocycles. The molecule has 0 saturated heterocycles. The van der Waals surface area contributed by atoms with Crippen LogP contribution in [0.3, 0.4) is 0 Å². The van der Waals surface area contributed by atoms with Gasteiger partial charge >= 0.3 is 0 Å². The highest BCUT2D eigenvalue weighted by molar-refractivity contribution is 6.64. The van der Waals surface area contributed by atoms with Crippen LogP contribution in [-0.2, 0) is 4.79 Å². The summed E-state index contributed by atoms with van der Waals surface area (Å²) in [6.07, 6.45) is 6.20. The van der Waals surface area contributed by atoms with E-state index in [2.05, 4.69) is 0 Å². The van der Waals surface area contributed by atoms with Gasteiger partial charge in [0.25, 0.3) is 0 Å². The molecule has 0 aliphatic heterocycles. The van der Waals surface area contributed by atoms with E-state index in [4.69, 9.17) is 11.6 Å². The van der Waals surface area contributed by atoms with Gasteiger partial charge in [-0.05, 0) is 42.7 Å². The zero-order valence-corrected chi connectivity index (χ0v) is 7.31. The summed E-state index contributed by atoms with van der Waals surface area (Å²) < 4.78 is 0. The second-order valence-electron chi connectivity index (χ2n) is 3.84. The summed E-state index contributed by atoms with van der Waals surface area (Å²) in [5, 5.41) is -0.0839. The van der Waals surface area contributed by atoms with Crippen LogP contribution in [0.2, 0.25) is 0 Å². The largest absolute Gasteiger partial charge is 0.281 e. The van der Waals surface area contributed by atoms with E-state index in [-0.39, 0.29) is 11.2 Å². The molecule has 0 aromatic carbocycles. The molecule has 0 N–H and O–H groups in total. The lowest BCUT2D eigenvalue weighted by Gasteiger charge is -2.13. The first-order chi connectivity index (χ1) is 5.29. The van der Waals surface area contributed by atoms with Crippen molar-refractivity contribution in [2.24, 2.45) is 17.8 Å². The number of carbonyl (C=O) groups excluding carboxylic acids is 1. The number of halogens is 1. The normalized spacial score (nSPS) is 42.5. The minimum Gasteiger partial charge on any atom is -0.281 e. The Morgan fingerprint density at radius 1 is 1.18 bits per heavy atom. The van der Waals surface area contributed by atoms with E-state index < -0.39 is 0 Å². The topological polar surface area (TPSA) is 17.1 Å². The van der Waals surface area contributed by atoms with Crippen molar-refractivity contribution in [3.63, 3.8) is 0 Å². The van der Waals surface area contributed by atoms with E-state index >= 15 is 0 Å². The monoisotopic (exact) mass is 172 g/mol. The van der Waals surface area contributed by atoms with Crippen LogP contribution in [0.4, 0.5) is 0 Å². The molecule has 0 radical (unpaired) electrons. The molecule has 2 saturated carbocycles. The summed E-state index contributed by atoms with van der Waals surface area (Å²) in [6, 6.07) is 0. The second kappa shape index (κ2) is 2.78. The van der Waals surface area contributed by atoms with Crippen molar-refractivity contribution in [3.8, 4) is 0 Å². The molecular weight excluding hydrogens is 160 g/mol. The van der Waals surface area contributed by atoms with Crippen LogP contribution in [0.15, 0.2) is 0 Å². The van der Waals surface area contributed by atoms with Crippen molar-refractivity contribution in [1.29, 1.82) is 0 Å². The van der Waals surface area contributed by atoms with E-state index in [1.165, 1.54) is 25.7 Å². The maximum Gasteiger partial charge on any atom is 0.225 e. The average Bonchev–Trinajstić information content (AvgIpc) is 2.41. The first-order valence-electron chi connectivity index (χ1n) is 4.48. The van der Waals surface area contributed by atoms with Gasteiger partial charge in [0.15, 0.2) is 0 Å². The van der Waals surface area contributed by atoms with Gasteiger partial charge in [0.05, 0.1) is 0 Å². The number of hydrogen-bond donors (Lipinski definition) is 0. The molecule has 62 valence electrons. The maximum atomic E-state index is 11.0. The number of carbonyl (C=O) groups is 1. The quantitative estimate of drug-likeness (QED) is 0.556. The van der Waals surface area contributed by atoms with Gasteiger partial charge in [-0.3, -0.25) is 4.79 Å². The Kier molecular flexibility index (Phi) is 1.92. The third-order valence-corrected chi connectivity index (χ3v) is 3.65. The molecule has 11 heavy (non-hydrogen) atoms. The number of hydrogen-bond acceptors (Lipinski definition) is 1. The molecule has 2 fully saturated rings. The summed E-state index contributed by atoms with van der Waals surface area (Å²) >= 11 is 5.51. The lowest BCUT2D eigenvalue weighted by atomic mass is 9.93. The van der Waals surface area contributed by atoms with E-state index in [0.717, 1.165) is 12.3 Å². The van der Waals surface area contributed by atoms with Gasteiger partial charge in [-0.1, -0.05) is 12.8 Å². The van der Waals surface area contributed by atoms with Gasteiger partial charge in [-0.15, -0.1) is 0 Å². The third kappa shape index (κ3) is 1.20. The van der Waals surface area contributed by atoms with Gasteiger partial charge < -0.3 is 0 Å². The summed E-state index contributed by atoms with van der Waals surface area (Å²) in [5.41, 5.74) is 0. The lowest BCUT2D eigenvalue weighted by molar-refractivity contribution is -0.116. The van der Waals surface area contributed by atoms with Crippen molar-refractivity contribution < 1.29 is 4.79 Å². The van der Waals surface area contributed by atoms with Gasteiger partial charge in [0.1, 0.15) is 0 Å². The Balaban J connectivity index is 2.08. The molecule has 0 spiro atoms. The minimum atomic E-state index is -0.0839. The fraction of sp³-hybridized carbons (Fsp3) is 0.889. The molecule has 2 rings (SSSR count). The van der Waals surface area contributed by atoms with E-state index in [1.807, 2.05) is 0 Å². The minimum absolute atomic E-state index is 0.0839. The van der Waals surface area contributed by atoms with Crippen LogP contribution < -0.4 is 0 Å². The maximum absolute atomic E-state index is 11.0. The highest BCUT2D eigenvalue weighted by atomic mass is 35.5. The van der Waals surface area contributed by atoms with Gasteiger partial charge in [-0.2, -0.15) is 0 Å². The molecule has 3 unspecified atom stereocenters. The van der Waals surface area contributed by atoms with Crippen molar-refractivity contribution in [3.05, 3.63) is 0 Å². The second-order valence-corrected chi connectivity index (χ2v) is 4.22. The molecule has 3 atom stereocenters. The summed E-state index contributed by atoms with van der Waals surface area (Å²) in [5.74, 6) is 1.70. The molecule has 2 heteroatoms. The fourth-order valence-corrected chi connectivity index (χ4v) is 3.11. The highest BCUT2D eigenvalue weighted by Crippen LogP contribution is 2.48. The summed E-state index contributed by atoms with van der Waals surface area (Å²) in [7, 11) is 0. The summed E-state index contributed by atoms with van der Waals surface area (Å²) in [6.45, 7) is 0. The lowest BCUT2D eigenvalue weighted by Crippen LogP contribution is -2.14. The van der Waals surface area contributed by atoms with Crippen LogP contribution in [0.25, 0.3) is 0 Å². The van der Waals surface area contributed by atoms with Crippen molar-refractivity contribution in [2.75, 3.05) is 0 Å². The Bertz CT molecular complexity index is 178. The van der Waals surface area contributed by atoms with Crippen LogP contribution in [0, 0.1) is 17.8 Å². The van der Waals surface area contributed by atoms with Crippen LogP contribution in [0.5, 0.6) is 0 Å². The average molecular weight is 173 g/mol. The molecule has 0 aromatic rings. The van der Waals surface area contributed by atoms with Crippen molar-refractivity contribution in [1.82, 2.24) is 0 Å². The molecule has 0 bridgehead atoms. The predicted molar refractivity (Wildman–Crippen MR) is 44.4 cm³/mol.